The van der Waals surface area contributed by atoms with Crippen LogP contribution in [0, 0.1) is 0 Å². The molecule has 26 N–H and O–H groups in total. The Hall–Kier alpha value is -1.64. The van der Waals surface area contributed by atoms with Crippen LogP contribution in [0.5, 0.6) is 0 Å². The lowest BCUT2D eigenvalue weighted by Crippen LogP contribution is -2.68. The van der Waals surface area contributed by atoms with Crippen molar-refractivity contribution in [2.24, 2.45) is 0 Å². The average molecular weight is 1320 g/mol. The SMILES string of the molecule is OC[C@@H]1O[C@H](O[C@@H]2[C@H](CO)O[C@H](O[C@@H]3[C@H](CO)O[C@H](O[C@@H]4[C@H](CO)O[C@H](O[C@H]5[C@@H](O)[C@H](O)[C@@H](O[C@H]6[C@@H](O)[C@H](O)[C@@H](O[C@H]7[C@@H](O)[C@H](O)[C@@H](O[C@H]8[C@@H](O)[C@H](O)[C@@H](O)O[C@@H]8CO)O[C@@H]7CO)O[C@@H]6CO)O[C@@H]5CO)C(O)[C@H]4O)C(O)[C@H]3O)C(O)[C@H]2O)C(O)[C@@H](O)[C@@H]1O. The van der Waals surface area contributed by atoms with E-state index in [4.69, 9.17) is 71.1 Å². The van der Waals surface area contributed by atoms with Crippen molar-refractivity contribution in [3.05, 3.63) is 0 Å². The Kier molecular flexibility index (Phi) is 25.9. The zero-order chi connectivity index (χ0) is 65.4. The molecule has 0 radical (unpaired) electrons. The van der Waals surface area contributed by atoms with Gasteiger partial charge in [-0.25, -0.2) is 0 Å². The third-order valence-electron chi connectivity index (χ3n) is 16.7. The van der Waals surface area contributed by atoms with Crippen molar-refractivity contribution in [1.82, 2.24) is 0 Å². The molecule has 0 spiro atoms. The summed E-state index contributed by atoms with van der Waals surface area (Å²) in [6.45, 7) is -8.07. The molecule has 41 heteroatoms. The summed E-state index contributed by atoms with van der Waals surface area (Å²) >= 11 is 0. The molecule has 8 fully saturated rings. The van der Waals surface area contributed by atoms with Gasteiger partial charge in [-0.3, -0.25) is 0 Å². The third kappa shape index (κ3) is 15.0. The van der Waals surface area contributed by atoms with Crippen molar-refractivity contribution in [3.63, 3.8) is 0 Å². The van der Waals surface area contributed by atoms with Gasteiger partial charge < -0.3 is 204 Å². The van der Waals surface area contributed by atoms with Crippen LogP contribution >= 0.6 is 0 Å². The zero-order valence-corrected chi connectivity index (χ0v) is 46.5. The maximum atomic E-state index is 11.4. The first-order valence-electron chi connectivity index (χ1n) is 28.2. The quantitative estimate of drug-likeness (QED) is 0.0479. The molecule has 89 heavy (non-hydrogen) atoms. The van der Waals surface area contributed by atoms with Gasteiger partial charge in [-0.15, -0.1) is 0 Å². The molecule has 40 atom stereocenters. The molecule has 0 aromatic rings. The zero-order valence-electron chi connectivity index (χ0n) is 46.5. The predicted octanol–water partition coefficient (Wildman–Crippen LogP) is -18.5. The molecular weight excluding hydrogens is 1230 g/mol. The van der Waals surface area contributed by atoms with Gasteiger partial charge in [0.1, 0.15) is 195 Å². The fraction of sp³-hybridized carbons (Fsp3) is 1.00. The fourth-order valence-corrected chi connectivity index (χ4v) is 11.5. The van der Waals surface area contributed by atoms with E-state index < -0.39 is 299 Å². The van der Waals surface area contributed by atoms with Gasteiger partial charge in [-0.05, 0) is 0 Å². The lowest BCUT2D eigenvalue weighted by molar-refractivity contribution is -0.399. The van der Waals surface area contributed by atoms with Crippen molar-refractivity contribution < 1.29 is 204 Å². The summed E-state index contributed by atoms with van der Waals surface area (Å²) in [4.78, 5) is 0. The average Bonchev–Trinajstić information content (AvgIpc) is 2.66. The van der Waals surface area contributed by atoms with Crippen molar-refractivity contribution in [1.29, 1.82) is 0 Å². The first-order chi connectivity index (χ1) is 42.2. The monoisotopic (exact) mass is 1310 g/mol. The van der Waals surface area contributed by atoms with Crippen LogP contribution in [0.1, 0.15) is 0 Å². The molecule has 0 aromatic heterocycles. The van der Waals surface area contributed by atoms with Gasteiger partial charge in [0.15, 0.2) is 50.3 Å². The normalized spacial score (nSPS) is 53.6. The molecule has 0 aromatic carbocycles. The Morgan fingerprint density at radius 3 is 0.517 bits per heavy atom. The highest BCUT2D eigenvalue weighted by atomic mass is 16.8. The molecule has 0 saturated carbocycles. The van der Waals surface area contributed by atoms with E-state index in [9.17, 15) is 133 Å². The molecular formula is C48H82O41. The van der Waals surface area contributed by atoms with E-state index in [2.05, 4.69) is 0 Å². The minimum Gasteiger partial charge on any atom is -0.394 e. The number of hydrogen-bond donors (Lipinski definition) is 26. The van der Waals surface area contributed by atoms with Crippen molar-refractivity contribution in [2.75, 3.05) is 52.9 Å². The van der Waals surface area contributed by atoms with E-state index in [1.54, 1.807) is 0 Å². The largest absolute Gasteiger partial charge is 0.394 e. The predicted molar refractivity (Wildman–Crippen MR) is 264 cm³/mol. The summed E-state index contributed by atoms with van der Waals surface area (Å²) in [6.07, 6.45) is -78.4. The minimum atomic E-state index is -2.26. The maximum absolute atomic E-state index is 11.4. The number of aliphatic hydroxyl groups excluding tert-OH is 26. The van der Waals surface area contributed by atoms with Gasteiger partial charge in [0.25, 0.3) is 0 Å². The second-order valence-electron chi connectivity index (χ2n) is 22.4. The second kappa shape index (κ2) is 31.5. The van der Waals surface area contributed by atoms with Crippen LogP contribution in [0.15, 0.2) is 0 Å². The summed E-state index contributed by atoms with van der Waals surface area (Å²) in [7, 11) is 0. The van der Waals surface area contributed by atoms with Gasteiger partial charge in [0.2, 0.25) is 0 Å². The fourth-order valence-electron chi connectivity index (χ4n) is 11.5. The third-order valence-corrected chi connectivity index (χ3v) is 16.7. The Labute approximate surface area is 501 Å². The summed E-state index contributed by atoms with van der Waals surface area (Å²) in [5.41, 5.74) is 0. The van der Waals surface area contributed by atoms with Gasteiger partial charge >= 0.3 is 0 Å². The Bertz CT molecular complexity index is 2120. The van der Waals surface area contributed by atoms with Gasteiger partial charge in [-0.1, -0.05) is 0 Å². The Balaban J connectivity index is 0.850. The number of aliphatic hydroxyl groups is 26. The molecule has 8 aliphatic heterocycles. The highest BCUT2D eigenvalue weighted by molar-refractivity contribution is 5.02. The van der Waals surface area contributed by atoms with Gasteiger partial charge in [0.05, 0.1) is 52.9 Å². The molecule has 0 bridgehead atoms. The summed E-state index contributed by atoms with van der Waals surface area (Å²) in [5.74, 6) is 0. The van der Waals surface area contributed by atoms with Crippen LogP contribution in [0.25, 0.3) is 0 Å². The standard InChI is InChI=1S/C48H82O41/c49-1-9-17(57)18(58)27(67)42(76-9)84-35-11(3-51)78-44(29(69)20(35)60)86-37-13(5-53)80-46(31(71)22(37)62)88-39-15(7-55)82-48(33(73)24(39)64)89-40-16(8-56)81-47(32(72)25(40)65)87-38-14(6-54)79-45(30(70)23(38)63)85-36-12(4-52)77-43(28(68)21(36)61)83-34-10(2-50)75-41(74)26(66)19(34)59/h9-74H,1-8H2/t9-,10+,11-,12+,13-,14+,15-,16+,17+,18-,19-,20+,21-,22+,23-,24+,25-,26-,27?,28-,29?,30-,31?,32-,33?,34+,35+,36+,37+,38+,39+,40+,41-,42+,43+,44+,45+,46+,47+,48+/m0/s1. The first kappa shape index (κ1) is 73.2. The van der Waals surface area contributed by atoms with E-state index in [-0.39, 0.29) is 0 Å². The van der Waals surface area contributed by atoms with Crippen LogP contribution in [0.4, 0.5) is 0 Å². The van der Waals surface area contributed by atoms with Gasteiger partial charge in [0, 0.05) is 0 Å². The molecule has 0 amide bonds. The van der Waals surface area contributed by atoms with Crippen molar-refractivity contribution >= 4 is 0 Å². The van der Waals surface area contributed by atoms with Crippen LogP contribution in [0.2, 0.25) is 0 Å². The first-order valence-corrected chi connectivity index (χ1v) is 28.2. The molecule has 8 rings (SSSR count). The smallest absolute Gasteiger partial charge is 0.187 e. The highest BCUT2D eigenvalue weighted by Gasteiger charge is 2.59. The number of ether oxygens (including phenoxy) is 15. The van der Waals surface area contributed by atoms with Gasteiger partial charge in [-0.2, -0.15) is 0 Å². The van der Waals surface area contributed by atoms with Crippen LogP contribution in [-0.2, 0) is 71.1 Å². The molecule has 4 unspecified atom stereocenters. The molecule has 8 saturated heterocycles. The minimum absolute atomic E-state index is 0.854. The lowest BCUT2D eigenvalue weighted by atomic mass is 9.95. The molecule has 0 aliphatic carbocycles. The van der Waals surface area contributed by atoms with E-state index in [0.29, 0.717) is 0 Å². The Morgan fingerprint density at radius 2 is 0.326 bits per heavy atom. The second-order valence-corrected chi connectivity index (χ2v) is 22.4. The van der Waals surface area contributed by atoms with E-state index >= 15 is 0 Å². The summed E-state index contributed by atoms with van der Waals surface area (Å²) in [6, 6.07) is 0. The van der Waals surface area contributed by atoms with Crippen LogP contribution in [0.3, 0.4) is 0 Å². The highest BCUT2D eigenvalue weighted by Crippen LogP contribution is 2.39. The van der Waals surface area contributed by atoms with E-state index in [1.807, 2.05) is 0 Å². The van der Waals surface area contributed by atoms with Crippen LogP contribution < -0.4 is 0 Å². The number of hydrogen-bond acceptors (Lipinski definition) is 41. The van der Waals surface area contributed by atoms with E-state index in [0.717, 1.165) is 0 Å². The number of rotatable bonds is 22. The molecule has 41 nitrogen and oxygen atoms in total. The lowest BCUT2D eigenvalue weighted by Gasteiger charge is -2.50. The molecule has 8 heterocycles. The maximum Gasteiger partial charge on any atom is 0.187 e. The van der Waals surface area contributed by atoms with Crippen molar-refractivity contribution in [3.8, 4) is 0 Å². The molecule has 8 aliphatic rings. The van der Waals surface area contributed by atoms with E-state index in [1.165, 1.54) is 0 Å². The summed E-state index contributed by atoms with van der Waals surface area (Å²) in [5, 5.41) is 277. The topological polar surface area (TPSA) is 664 Å². The molecule has 520 valence electrons. The Morgan fingerprint density at radius 1 is 0.169 bits per heavy atom. The van der Waals surface area contributed by atoms with Crippen molar-refractivity contribution in [2.45, 2.75) is 246 Å². The summed E-state index contributed by atoms with van der Waals surface area (Å²) < 4.78 is 83.4. The van der Waals surface area contributed by atoms with Crippen LogP contribution in [-0.4, -0.2) is 431 Å².